The zero-order valence-corrected chi connectivity index (χ0v) is 14.9. The molecule has 7 nitrogen and oxygen atoms in total. The molecule has 0 radical (unpaired) electrons. The third kappa shape index (κ3) is 4.68. The molecule has 1 amide bonds. The Morgan fingerprint density at radius 1 is 1.33 bits per heavy atom. The van der Waals surface area contributed by atoms with Crippen molar-refractivity contribution in [2.24, 2.45) is 0 Å². The number of rotatable bonds is 7. The second-order valence-corrected chi connectivity index (χ2v) is 7.52. The number of hydrogen-bond acceptors (Lipinski definition) is 5. The monoisotopic (exact) mass is 356 g/mol. The molecule has 1 saturated heterocycles. The highest BCUT2D eigenvalue weighted by Crippen LogP contribution is 2.24. The molecular weight excluding hydrogens is 332 g/mol. The highest BCUT2D eigenvalue weighted by atomic mass is 32.2. The van der Waals surface area contributed by atoms with Crippen LogP contribution in [-0.4, -0.2) is 58.1 Å². The van der Waals surface area contributed by atoms with E-state index in [-0.39, 0.29) is 17.4 Å². The van der Waals surface area contributed by atoms with Crippen LogP contribution in [0.2, 0.25) is 0 Å². The fraction of sp³-hybridized carbons (Fsp3) is 0.562. The van der Waals surface area contributed by atoms with Gasteiger partial charge in [0.25, 0.3) is 5.91 Å². The van der Waals surface area contributed by atoms with Gasteiger partial charge < -0.3 is 14.8 Å². The van der Waals surface area contributed by atoms with Crippen LogP contribution in [0, 0.1) is 6.92 Å². The molecule has 0 saturated carbocycles. The Balaban J connectivity index is 2.04. The molecule has 1 aromatic carbocycles. The van der Waals surface area contributed by atoms with Crippen molar-refractivity contribution in [2.45, 2.75) is 25.2 Å². The first-order valence-electron chi connectivity index (χ1n) is 8.03. The highest BCUT2D eigenvalue weighted by molar-refractivity contribution is 7.89. The second-order valence-electron chi connectivity index (χ2n) is 5.58. The van der Waals surface area contributed by atoms with Gasteiger partial charge in [-0.1, -0.05) is 6.92 Å². The van der Waals surface area contributed by atoms with Gasteiger partial charge in [0.1, 0.15) is 5.75 Å². The maximum atomic E-state index is 12.6. The van der Waals surface area contributed by atoms with Crippen LogP contribution in [0.25, 0.3) is 0 Å². The van der Waals surface area contributed by atoms with Gasteiger partial charge in [-0.2, -0.15) is 4.31 Å². The molecule has 0 atom stereocenters. The molecule has 0 aromatic heterocycles. The van der Waals surface area contributed by atoms with Crippen LogP contribution in [0.4, 0.5) is 0 Å². The van der Waals surface area contributed by atoms with E-state index in [1.54, 1.807) is 19.1 Å². The molecule has 24 heavy (non-hydrogen) atoms. The molecule has 0 bridgehead atoms. The average molecular weight is 356 g/mol. The lowest BCUT2D eigenvalue weighted by atomic mass is 10.2. The minimum atomic E-state index is -3.53. The van der Waals surface area contributed by atoms with Crippen LogP contribution in [0.15, 0.2) is 23.1 Å². The lowest BCUT2D eigenvalue weighted by molar-refractivity contribution is -0.123. The van der Waals surface area contributed by atoms with E-state index in [9.17, 15) is 13.2 Å². The second kappa shape index (κ2) is 8.46. The average Bonchev–Trinajstić information content (AvgIpc) is 2.59. The summed E-state index contributed by atoms with van der Waals surface area (Å²) in [7, 11) is -3.53. The number of morpholine rings is 1. The molecule has 1 heterocycles. The molecule has 0 unspecified atom stereocenters. The summed E-state index contributed by atoms with van der Waals surface area (Å²) in [5, 5.41) is 2.72. The summed E-state index contributed by atoms with van der Waals surface area (Å²) in [4.78, 5) is 11.8. The molecule has 1 aromatic rings. The Labute approximate surface area is 143 Å². The number of amides is 1. The molecule has 2 rings (SSSR count). The molecule has 134 valence electrons. The van der Waals surface area contributed by atoms with Crippen LogP contribution < -0.4 is 10.1 Å². The van der Waals surface area contributed by atoms with Gasteiger partial charge >= 0.3 is 0 Å². The van der Waals surface area contributed by atoms with E-state index in [1.165, 1.54) is 10.4 Å². The molecular formula is C16H24N2O5S. The van der Waals surface area contributed by atoms with Crippen LogP contribution in [0.1, 0.15) is 18.9 Å². The largest absolute Gasteiger partial charge is 0.484 e. The predicted octanol–water partition coefficient (Wildman–Crippen LogP) is 0.921. The van der Waals surface area contributed by atoms with Crippen molar-refractivity contribution in [1.82, 2.24) is 9.62 Å². The minimum absolute atomic E-state index is 0.0869. The highest BCUT2D eigenvalue weighted by Gasteiger charge is 2.26. The lowest BCUT2D eigenvalue weighted by Crippen LogP contribution is -2.40. The lowest BCUT2D eigenvalue weighted by Gasteiger charge is -2.26. The number of nitrogens with one attached hydrogen (secondary N) is 1. The van der Waals surface area contributed by atoms with Gasteiger partial charge in [0.2, 0.25) is 10.0 Å². The van der Waals surface area contributed by atoms with Crippen LogP contribution in [-0.2, 0) is 19.6 Å². The number of carbonyl (C=O) groups excluding carboxylic acids is 1. The third-order valence-electron chi connectivity index (χ3n) is 3.69. The maximum Gasteiger partial charge on any atom is 0.257 e. The summed E-state index contributed by atoms with van der Waals surface area (Å²) in [6, 6.07) is 4.68. The van der Waals surface area contributed by atoms with Gasteiger partial charge in [-0.05, 0) is 37.1 Å². The minimum Gasteiger partial charge on any atom is -0.484 e. The van der Waals surface area contributed by atoms with Gasteiger partial charge in [0.15, 0.2) is 6.61 Å². The quantitative estimate of drug-likeness (QED) is 0.785. The first-order valence-corrected chi connectivity index (χ1v) is 9.47. The van der Waals surface area contributed by atoms with E-state index in [2.05, 4.69) is 5.32 Å². The third-order valence-corrected chi connectivity index (χ3v) is 5.58. The van der Waals surface area contributed by atoms with Crippen LogP contribution >= 0.6 is 0 Å². The Hall–Kier alpha value is -1.64. The predicted molar refractivity (Wildman–Crippen MR) is 89.6 cm³/mol. The Bertz CT molecular complexity index is 669. The summed E-state index contributed by atoms with van der Waals surface area (Å²) in [5.41, 5.74) is 0.674. The Morgan fingerprint density at radius 3 is 2.67 bits per heavy atom. The van der Waals surface area contributed by atoms with Crippen molar-refractivity contribution in [2.75, 3.05) is 39.5 Å². The number of hydrogen-bond donors (Lipinski definition) is 1. The SMILES string of the molecule is CCCNC(=O)COc1ccc(S(=O)(=O)N2CCOCC2)cc1C. The van der Waals surface area contributed by atoms with Crippen molar-refractivity contribution in [3.05, 3.63) is 23.8 Å². The maximum absolute atomic E-state index is 12.6. The number of benzene rings is 1. The van der Waals surface area contributed by atoms with Crippen molar-refractivity contribution >= 4 is 15.9 Å². The summed E-state index contributed by atoms with van der Waals surface area (Å²) >= 11 is 0. The summed E-state index contributed by atoms with van der Waals surface area (Å²) < 4.78 is 37.3. The summed E-state index contributed by atoms with van der Waals surface area (Å²) in [6.45, 7) is 5.79. The topological polar surface area (TPSA) is 84.9 Å². The van der Waals surface area contributed by atoms with E-state index >= 15 is 0 Å². The zero-order valence-electron chi connectivity index (χ0n) is 14.1. The molecule has 1 N–H and O–H groups in total. The van der Waals surface area contributed by atoms with Crippen molar-refractivity contribution in [1.29, 1.82) is 0 Å². The molecule has 1 aliphatic rings. The first kappa shape index (κ1) is 18.7. The Kier molecular flexibility index (Phi) is 6.59. The van der Waals surface area contributed by atoms with Crippen LogP contribution in [0.3, 0.4) is 0 Å². The van der Waals surface area contributed by atoms with Gasteiger partial charge in [-0.15, -0.1) is 0 Å². The van der Waals surface area contributed by atoms with E-state index in [1.807, 2.05) is 6.92 Å². The summed E-state index contributed by atoms with van der Waals surface area (Å²) in [6.07, 6.45) is 0.860. The van der Waals surface area contributed by atoms with Crippen molar-refractivity contribution in [3.63, 3.8) is 0 Å². The molecule has 8 heteroatoms. The molecule has 0 spiro atoms. The number of nitrogens with zero attached hydrogens (tertiary/aromatic N) is 1. The first-order chi connectivity index (χ1) is 11.4. The van der Waals surface area contributed by atoms with Gasteiger partial charge in [-0.25, -0.2) is 8.42 Å². The summed E-state index contributed by atoms with van der Waals surface area (Å²) in [5.74, 6) is 0.309. The molecule has 1 fully saturated rings. The zero-order chi connectivity index (χ0) is 17.6. The number of carbonyl (C=O) groups is 1. The van der Waals surface area contributed by atoms with E-state index in [0.717, 1.165) is 6.42 Å². The van der Waals surface area contributed by atoms with E-state index < -0.39 is 10.0 Å². The van der Waals surface area contributed by atoms with E-state index in [4.69, 9.17) is 9.47 Å². The van der Waals surface area contributed by atoms with Gasteiger partial charge in [0.05, 0.1) is 18.1 Å². The fourth-order valence-electron chi connectivity index (χ4n) is 2.34. The molecule has 1 aliphatic heterocycles. The Morgan fingerprint density at radius 2 is 2.04 bits per heavy atom. The fourth-order valence-corrected chi connectivity index (χ4v) is 3.83. The number of ether oxygens (including phenoxy) is 2. The van der Waals surface area contributed by atoms with Gasteiger partial charge in [-0.3, -0.25) is 4.79 Å². The molecule has 0 aliphatic carbocycles. The van der Waals surface area contributed by atoms with E-state index in [0.29, 0.717) is 44.2 Å². The normalized spacial score (nSPS) is 15.9. The smallest absolute Gasteiger partial charge is 0.257 e. The number of sulfonamides is 1. The standard InChI is InChI=1S/C16H24N2O5S/c1-3-6-17-16(19)12-23-15-5-4-14(11-13(15)2)24(20,21)18-7-9-22-10-8-18/h4-5,11H,3,6-10,12H2,1-2H3,(H,17,19). The number of aryl methyl sites for hydroxylation is 1. The van der Waals surface area contributed by atoms with Crippen molar-refractivity contribution < 1.29 is 22.7 Å². The van der Waals surface area contributed by atoms with Gasteiger partial charge in [0, 0.05) is 19.6 Å². The van der Waals surface area contributed by atoms with Crippen LogP contribution in [0.5, 0.6) is 5.75 Å². The van der Waals surface area contributed by atoms with Crippen molar-refractivity contribution in [3.8, 4) is 5.75 Å².